The van der Waals surface area contributed by atoms with Gasteiger partial charge in [-0.05, 0) is 31.4 Å². The van der Waals surface area contributed by atoms with Gasteiger partial charge < -0.3 is 11.1 Å². The number of nitrogens with zero attached hydrogens (tertiary/aromatic N) is 2. The number of nitrogens with one attached hydrogen (secondary N) is 1. The molecule has 0 amide bonds. The Balaban J connectivity index is 2.17. The quantitative estimate of drug-likeness (QED) is 0.697. The number of hydrogen-bond acceptors (Lipinski definition) is 5. The molecule has 0 radical (unpaired) electrons. The van der Waals surface area contributed by atoms with Gasteiger partial charge in [0.05, 0.1) is 5.69 Å². The van der Waals surface area contributed by atoms with Crippen LogP contribution in [0.15, 0.2) is 5.38 Å². The summed E-state index contributed by atoms with van der Waals surface area (Å²) in [5.41, 5.74) is 6.42. The van der Waals surface area contributed by atoms with E-state index in [-0.39, 0.29) is 0 Å². The molecule has 0 saturated heterocycles. The summed E-state index contributed by atoms with van der Waals surface area (Å²) in [4.78, 5) is 0. The second-order valence-corrected chi connectivity index (χ2v) is 3.37. The third-order valence-electron chi connectivity index (χ3n) is 1.64. The van der Waals surface area contributed by atoms with E-state index < -0.39 is 0 Å². The molecule has 1 heterocycles. The minimum Gasteiger partial charge on any atom is -0.330 e. The van der Waals surface area contributed by atoms with E-state index in [1.165, 1.54) is 11.5 Å². The molecular weight excluding hydrogens is 172 g/mol. The second kappa shape index (κ2) is 5.18. The van der Waals surface area contributed by atoms with E-state index >= 15 is 0 Å². The van der Waals surface area contributed by atoms with Crippen LogP contribution in [-0.4, -0.2) is 22.2 Å². The van der Waals surface area contributed by atoms with E-state index in [0.29, 0.717) is 6.04 Å². The fourth-order valence-electron chi connectivity index (χ4n) is 0.892. The highest BCUT2D eigenvalue weighted by Gasteiger charge is 2.00. The molecule has 0 fully saturated rings. The van der Waals surface area contributed by atoms with Crippen LogP contribution in [-0.2, 0) is 6.54 Å². The van der Waals surface area contributed by atoms with Gasteiger partial charge in [0, 0.05) is 18.0 Å². The Bertz CT molecular complexity index is 199. The molecule has 0 aliphatic heterocycles. The molecule has 1 aromatic rings. The molecule has 1 aromatic heterocycles. The molecule has 1 rings (SSSR count). The summed E-state index contributed by atoms with van der Waals surface area (Å²) in [7, 11) is 0. The lowest BCUT2D eigenvalue weighted by atomic mass is 10.2. The Morgan fingerprint density at radius 1 is 1.75 bits per heavy atom. The average Bonchev–Trinajstić information content (AvgIpc) is 2.53. The van der Waals surface area contributed by atoms with Gasteiger partial charge in [0.25, 0.3) is 0 Å². The molecule has 4 nitrogen and oxygen atoms in total. The zero-order chi connectivity index (χ0) is 8.81. The van der Waals surface area contributed by atoms with Gasteiger partial charge in [0.1, 0.15) is 0 Å². The van der Waals surface area contributed by atoms with Crippen LogP contribution in [0.3, 0.4) is 0 Å². The molecule has 1 unspecified atom stereocenters. The third kappa shape index (κ3) is 3.25. The van der Waals surface area contributed by atoms with Crippen LogP contribution in [0.2, 0.25) is 0 Å². The number of aromatic nitrogens is 2. The maximum absolute atomic E-state index is 5.41. The Morgan fingerprint density at radius 2 is 2.58 bits per heavy atom. The normalized spacial score (nSPS) is 13.2. The number of hydrogen-bond donors (Lipinski definition) is 2. The number of rotatable bonds is 5. The van der Waals surface area contributed by atoms with Crippen molar-refractivity contribution in [3.05, 3.63) is 11.1 Å². The molecular formula is C7H14N4S. The predicted octanol–water partition coefficient (Wildman–Crippen LogP) is 0.365. The van der Waals surface area contributed by atoms with E-state index in [0.717, 1.165) is 25.2 Å². The monoisotopic (exact) mass is 186 g/mol. The molecule has 0 aromatic carbocycles. The van der Waals surface area contributed by atoms with Gasteiger partial charge >= 0.3 is 0 Å². The minimum absolute atomic E-state index is 0.455. The Hall–Kier alpha value is -0.520. The topological polar surface area (TPSA) is 63.8 Å². The maximum Gasteiger partial charge on any atom is 0.0893 e. The fraction of sp³-hybridized carbons (Fsp3) is 0.714. The Kier molecular flexibility index (Phi) is 4.13. The fourth-order valence-corrected chi connectivity index (χ4v) is 1.34. The Labute approximate surface area is 76.3 Å². The van der Waals surface area contributed by atoms with Gasteiger partial charge in [-0.15, -0.1) is 5.10 Å². The van der Waals surface area contributed by atoms with Crippen molar-refractivity contribution in [3.8, 4) is 0 Å². The first kappa shape index (κ1) is 9.57. The van der Waals surface area contributed by atoms with Crippen LogP contribution in [0.4, 0.5) is 0 Å². The molecule has 0 bridgehead atoms. The van der Waals surface area contributed by atoms with Gasteiger partial charge in [-0.2, -0.15) is 0 Å². The zero-order valence-corrected chi connectivity index (χ0v) is 7.97. The van der Waals surface area contributed by atoms with E-state index in [2.05, 4.69) is 21.8 Å². The van der Waals surface area contributed by atoms with E-state index in [9.17, 15) is 0 Å². The van der Waals surface area contributed by atoms with Crippen molar-refractivity contribution in [2.75, 3.05) is 6.54 Å². The highest BCUT2D eigenvalue weighted by molar-refractivity contribution is 7.03. The summed E-state index contributed by atoms with van der Waals surface area (Å²) < 4.78 is 3.77. The molecule has 12 heavy (non-hydrogen) atoms. The summed E-state index contributed by atoms with van der Waals surface area (Å²) in [6.45, 7) is 3.63. The highest BCUT2D eigenvalue weighted by atomic mass is 32.1. The molecule has 5 heteroatoms. The van der Waals surface area contributed by atoms with Crippen molar-refractivity contribution in [2.45, 2.75) is 25.9 Å². The van der Waals surface area contributed by atoms with E-state index in [1.54, 1.807) is 0 Å². The average molecular weight is 186 g/mol. The van der Waals surface area contributed by atoms with Gasteiger partial charge in [-0.25, -0.2) is 0 Å². The van der Waals surface area contributed by atoms with E-state index in [1.807, 2.05) is 5.38 Å². The van der Waals surface area contributed by atoms with Crippen LogP contribution in [0.25, 0.3) is 0 Å². The molecule has 0 aliphatic rings. The van der Waals surface area contributed by atoms with Gasteiger partial charge in [0.2, 0.25) is 0 Å². The van der Waals surface area contributed by atoms with Gasteiger partial charge in [-0.1, -0.05) is 4.49 Å². The lowest BCUT2D eigenvalue weighted by molar-refractivity contribution is 0.515. The maximum atomic E-state index is 5.41. The van der Waals surface area contributed by atoms with Crippen molar-refractivity contribution >= 4 is 11.5 Å². The van der Waals surface area contributed by atoms with E-state index in [4.69, 9.17) is 5.73 Å². The molecule has 68 valence electrons. The molecule has 0 saturated carbocycles. The minimum atomic E-state index is 0.455. The largest absolute Gasteiger partial charge is 0.330 e. The van der Waals surface area contributed by atoms with Crippen molar-refractivity contribution in [3.63, 3.8) is 0 Å². The summed E-state index contributed by atoms with van der Waals surface area (Å²) >= 11 is 1.38. The lowest BCUT2D eigenvalue weighted by Gasteiger charge is -2.10. The summed E-state index contributed by atoms with van der Waals surface area (Å²) in [6, 6.07) is 0.455. The standard InChI is InChI=1S/C7H14N4S/c1-6(2-3-8)9-4-7-5-12-11-10-7/h5-6,9H,2-4,8H2,1H3. The summed E-state index contributed by atoms with van der Waals surface area (Å²) in [5.74, 6) is 0. The first-order valence-electron chi connectivity index (χ1n) is 4.02. The first-order chi connectivity index (χ1) is 5.83. The van der Waals surface area contributed by atoms with Gasteiger partial charge in [-0.3, -0.25) is 0 Å². The first-order valence-corrected chi connectivity index (χ1v) is 4.86. The smallest absolute Gasteiger partial charge is 0.0893 e. The van der Waals surface area contributed by atoms with Crippen molar-refractivity contribution in [1.82, 2.24) is 14.9 Å². The van der Waals surface area contributed by atoms with Crippen molar-refractivity contribution in [1.29, 1.82) is 0 Å². The van der Waals surface area contributed by atoms with Crippen LogP contribution in [0, 0.1) is 0 Å². The van der Waals surface area contributed by atoms with Crippen molar-refractivity contribution < 1.29 is 0 Å². The van der Waals surface area contributed by atoms with Crippen LogP contribution < -0.4 is 11.1 Å². The molecule has 0 spiro atoms. The predicted molar refractivity (Wildman–Crippen MR) is 49.9 cm³/mol. The lowest BCUT2D eigenvalue weighted by Crippen LogP contribution is -2.27. The zero-order valence-electron chi connectivity index (χ0n) is 7.16. The molecule has 0 aliphatic carbocycles. The second-order valence-electron chi connectivity index (χ2n) is 2.76. The SMILES string of the molecule is CC(CCN)NCc1csnn1. The van der Waals surface area contributed by atoms with Crippen molar-refractivity contribution in [2.24, 2.45) is 5.73 Å². The number of nitrogens with two attached hydrogens (primary N) is 1. The molecule has 1 atom stereocenters. The summed E-state index contributed by atoms with van der Waals surface area (Å²) in [6.07, 6.45) is 0.998. The highest BCUT2D eigenvalue weighted by Crippen LogP contribution is 1.97. The van der Waals surface area contributed by atoms with Gasteiger partial charge in [0.15, 0.2) is 0 Å². The Morgan fingerprint density at radius 3 is 3.17 bits per heavy atom. The molecule has 3 N–H and O–H groups in total. The van der Waals surface area contributed by atoms with Crippen LogP contribution in [0.5, 0.6) is 0 Å². The van der Waals surface area contributed by atoms with Crippen LogP contribution >= 0.6 is 11.5 Å². The van der Waals surface area contributed by atoms with Crippen LogP contribution in [0.1, 0.15) is 19.0 Å². The summed E-state index contributed by atoms with van der Waals surface area (Å²) in [5, 5.41) is 9.18. The third-order valence-corrected chi connectivity index (χ3v) is 2.19.